The second kappa shape index (κ2) is 7.94. The number of primary amides is 1. The van der Waals surface area contributed by atoms with Gasteiger partial charge >= 0.3 is 6.09 Å². The summed E-state index contributed by atoms with van der Waals surface area (Å²) >= 11 is 0. The van der Waals surface area contributed by atoms with Crippen molar-refractivity contribution in [3.8, 4) is 0 Å². The van der Waals surface area contributed by atoms with Crippen molar-refractivity contribution >= 4 is 11.9 Å². The van der Waals surface area contributed by atoms with Gasteiger partial charge in [-0.1, -0.05) is 48.5 Å². The van der Waals surface area contributed by atoms with Crippen molar-refractivity contribution in [2.75, 3.05) is 13.1 Å². The van der Waals surface area contributed by atoms with E-state index in [1.54, 1.807) is 12.1 Å². The minimum Gasteiger partial charge on any atom is -0.445 e. The molecule has 3 N–H and O–H groups in total. The molecule has 0 bridgehead atoms. The summed E-state index contributed by atoms with van der Waals surface area (Å²) in [4.78, 5) is 24.2. The zero-order chi connectivity index (χ0) is 17.6. The van der Waals surface area contributed by atoms with Crippen LogP contribution in [0.2, 0.25) is 0 Å². The quantitative estimate of drug-likeness (QED) is 0.821. The Morgan fingerprint density at radius 1 is 1.04 bits per heavy atom. The average Bonchev–Trinajstić information content (AvgIpc) is 2.67. The van der Waals surface area contributed by atoms with Crippen molar-refractivity contribution in [1.82, 2.24) is 5.32 Å². The van der Waals surface area contributed by atoms with Crippen LogP contribution in [-0.4, -0.2) is 25.0 Å². The van der Waals surface area contributed by atoms with E-state index >= 15 is 0 Å². The Bertz CT molecular complexity index is 753. The fourth-order valence-electron chi connectivity index (χ4n) is 3.37. The minimum absolute atomic E-state index is 0.00203. The summed E-state index contributed by atoms with van der Waals surface area (Å²) in [6, 6.07) is 14.9. The van der Waals surface area contributed by atoms with Crippen LogP contribution in [0.4, 0.5) is 4.79 Å². The van der Waals surface area contributed by atoms with Gasteiger partial charge in [-0.2, -0.15) is 0 Å². The van der Waals surface area contributed by atoms with Crippen LogP contribution in [0.3, 0.4) is 0 Å². The van der Waals surface area contributed by atoms with Gasteiger partial charge in [0.2, 0.25) is 0 Å². The lowest BCUT2D eigenvalue weighted by Gasteiger charge is -2.26. The lowest BCUT2D eigenvalue weighted by atomic mass is 9.83. The van der Waals surface area contributed by atoms with Crippen LogP contribution in [0, 0.1) is 0 Å². The number of carbonyl (C=O) groups is 2. The molecule has 1 aliphatic rings. The molecule has 1 heterocycles. The molecule has 1 fully saturated rings. The largest absolute Gasteiger partial charge is 0.445 e. The molecule has 1 aliphatic heterocycles. The maximum atomic E-state index is 13.2. The van der Waals surface area contributed by atoms with E-state index in [-0.39, 0.29) is 12.4 Å². The maximum absolute atomic E-state index is 13.2. The van der Waals surface area contributed by atoms with E-state index in [1.807, 2.05) is 36.4 Å². The standard InChI is InChI=1S/C20H22N2O3/c21-20(24)25-13-16-7-4-8-17(14-9-11-22-12-10-14)18(16)19(23)15-5-2-1-3-6-15/h1-8,14,22H,9-13H2,(H2,21,24). The van der Waals surface area contributed by atoms with Crippen molar-refractivity contribution in [3.63, 3.8) is 0 Å². The van der Waals surface area contributed by atoms with Crippen molar-refractivity contribution in [2.45, 2.75) is 25.4 Å². The third-order valence-corrected chi connectivity index (χ3v) is 4.59. The van der Waals surface area contributed by atoms with Gasteiger partial charge in [0.05, 0.1) is 0 Å². The Labute approximate surface area is 147 Å². The number of ketones is 1. The second-order valence-electron chi connectivity index (χ2n) is 6.21. The normalized spacial score (nSPS) is 14.9. The average molecular weight is 338 g/mol. The smallest absolute Gasteiger partial charge is 0.404 e. The van der Waals surface area contributed by atoms with Gasteiger partial charge in [0, 0.05) is 16.7 Å². The van der Waals surface area contributed by atoms with E-state index in [0.29, 0.717) is 22.6 Å². The molecule has 3 rings (SSSR count). The molecule has 0 spiro atoms. The third kappa shape index (κ3) is 4.06. The molecule has 5 heteroatoms. The number of rotatable bonds is 5. The van der Waals surface area contributed by atoms with Crippen molar-refractivity contribution in [3.05, 3.63) is 70.8 Å². The van der Waals surface area contributed by atoms with Crippen LogP contribution in [0.5, 0.6) is 0 Å². The summed E-state index contributed by atoms with van der Waals surface area (Å²) in [7, 11) is 0. The molecule has 0 aromatic heterocycles. The van der Waals surface area contributed by atoms with Gasteiger partial charge in [-0.25, -0.2) is 4.79 Å². The lowest BCUT2D eigenvalue weighted by Crippen LogP contribution is -2.28. The number of amides is 1. The summed E-state index contributed by atoms with van der Waals surface area (Å²) in [5, 5.41) is 3.35. The Balaban J connectivity index is 2.03. The van der Waals surface area contributed by atoms with Crippen LogP contribution < -0.4 is 11.1 Å². The minimum atomic E-state index is -0.842. The fraction of sp³-hybridized carbons (Fsp3) is 0.300. The summed E-state index contributed by atoms with van der Waals surface area (Å²) in [5.41, 5.74) is 8.10. The zero-order valence-electron chi connectivity index (χ0n) is 14.0. The van der Waals surface area contributed by atoms with Gasteiger partial charge in [0.15, 0.2) is 5.78 Å². The van der Waals surface area contributed by atoms with Crippen molar-refractivity contribution in [1.29, 1.82) is 0 Å². The number of piperidine rings is 1. The van der Waals surface area contributed by atoms with Gasteiger partial charge in [0.1, 0.15) is 6.61 Å². The van der Waals surface area contributed by atoms with Crippen LogP contribution >= 0.6 is 0 Å². The van der Waals surface area contributed by atoms with E-state index in [0.717, 1.165) is 31.5 Å². The van der Waals surface area contributed by atoms with Gasteiger partial charge in [-0.3, -0.25) is 4.79 Å². The third-order valence-electron chi connectivity index (χ3n) is 4.59. The number of nitrogens with one attached hydrogen (secondary N) is 1. The molecule has 25 heavy (non-hydrogen) atoms. The summed E-state index contributed by atoms with van der Waals surface area (Å²) < 4.78 is 4.97. The summed E-state index contributed by atoms with van der Waals surface area (Å²) in [5.74, 6) is 0.273. The van der Waals surface area contributed by atoms with Crippen molar-refractivity contribution < 1.29 is 14.3 Å². The van der Waals surface area contributed by atoms with Gasteiger partial charge < -0.3 is 15.8 Å². The highest BCUT2D eigenvalue weighted by molar-refractivity contribution is 6.11. The topological polar surface area (TPSA) is 81.4 Å². The number of hydrogen-bond acceptors (Lipinski definition) is 4. The molecule has 0 unspecified atom stereocenters. The number of carbonyl (C=O) groups excluding carboxylic acids is 2. The SMILES string of the molecule is NC(=O)OCc1cccc(C2CCNCC2)c1C(=O)c1ccccc1. The van der Waals surface area contributed by atoms with Gasteiger partial charge in [0.25, 0.3) is 0 Å². The van der Waals surface area contributed by atoms with Crippen LogP contribution in [0.15, 0.2) is 48.5 Å². The Morgan fingerprint density at radius 3 is 2.44 bits per heavy atom. The first kappa shape index (κ1) is 17.2. The predicted molar refractivity (Wildman–Crippen MR) is 95.5 cm³/mol. The Kier molecular flexibility index (Phi) is 5.46. The number of benzene rings is 2. The molecule has 1 amide bonds. The first-order valence-corrected chi connectivity index (χ1v) is 8.51. The molecule has 2 aromatic carbocycles. The fourth-order valence-corrected chi connectivity index (χ4v) is 3.37. The first-order chi connectivity index (χ1) is 12.2. The molecule has 0 saturated carbocycles. The highest BCUT2D eigenvalue weighted by Crippen LogP contribution is 2.31. The van der Waals surface area contributed by atoms with E-state index < -0.39 is 6.09 Å². The summed E-state index contributed by atoms with van der Waals surface area (Å²) in [6.07, 6.45) is 1.12. The molecule has 5 nitrogen and oxygen atoms in total. The summed E-state index contributed by atoms with van der Waals surface area (Å²) in [6.45, 7) is 1.87. The molecular weight excluding hydrogens is 316 g/mol. The zero-order valence-corrected chi connectivity index (χ0v) is 14.0. The molecular formula is C20H22N2O3. The highest BCUT2D eigenvalue weighted by Gasteiger charge is 2.24. The van der Waals surface area contributed by atoms with E-state index in [1.165, 1.54) is 0 Å². The van der Waals surface area contributed by atoms with Gasteiger partial charge in [-0.05, 0) is 37.4 Å². The lowest BCUT2D eigenvalue weighted by molar-refractivity contribution is 0.103. The highest BCUT2D eigenvalue weighted by atomic mass is 16.5. The van der Waals surface area contributed by atoms with Crippen LogP contribution in [-0.2, 0) is 11.3 Å². The van der Waals surface area contributed by atoms with Crippen LogP contribution in [0.1, 0.15) is 45.8 Å². The molecule has 0 radical (unpaired) electrons. The Morgan fingerprint density at radius 2 is 1.76 bits per heavy atom. The molecule has 2 aromatic rings. The Hall–Kier alpha value is -2.66. The van der Waals surface area contributed by atoms with E-state index in [4.69, 9.17) is 10.5 Å². The predicted octanol–water partition coefficient (Wildman–Crippen LogP) is 2.98. The number of ether oxygens (including phenoxy) is 1. The first-order valence-electron chi connectivity index (χ1n) is 8.51. The van der Waals surface area contributed by atoms with E-state index in [9.17, 15) is 9.59 Å². The number of nitrogens with two attached hydrogens (primary N) is 1. The van der Waals surface area contributed by atoms with Crippen LogP contribution in [0.25, 0.3) is 0 Å². The molecule has 1 saturated heterocycles. The second-order valence-corrected chi connectivity index (χ2v) is 6.21. The monoisotopic (exact) mass is 338 g/mol. The maximum Gasteiger partial charge on any atom is 0.404 e. The van der Waals surface area contributed by atoms with Crippen molar-refractivity contribution in [2.24, 2.45) is 5.73 Å². The van der Waals surface area contributed by atoms with E-state index in [2.05, 4.69) is 5.32 Å². The van der Waals surface area contributed by atoms with Gasteiger partial charge in [-0.15, -0.1) is 0 Å². The molecule has 0 aliphatic carbocycles. The number of hydrogen-bond donors (Lipinski definition) is 2. The molecule has 0 atom stereocenters. The molecule has 130 valence electrons.